The van der Waals surface area contributed by atoms with Gasteiger partial charge in [0.1, 0.15) is 4.88 Å². The fourth-order valence-electron chi connectivity index (χ4n) is 2.60. The lowest BCUT2D eigenvalue weighted by molar-refractivity contribution is 0.0985. The Labute approximate surface area is 116 Å². The van der Waals surface area contributed by atoms with Gasteiger partial charge in [-0.25, -0.2) is 0 Å². The van der Waals surface area contributed by atoms with Crippen LogP contribution in [0.5, 0.6) is 0 Å². The van der Waals surface area contributed by atoms with Crippen LogP contribution < -0.4 is 10.6 Å². The lowest BCUT2D eigenvalue weighted by Gasteiger charge is -2.33. The molecule has 2 N–H and O–H groups in total. The fourth-order valence-corrected chi connectivity index (χ4v) is 3.37. The Morgan fingerprint density at radius 1 is 1.37 bits per heavy atom. The van der Waals surface area contributed by atoms with E-state index < -0.39 is 0 Å². The summed E-state index contributed by atoms with van der Waals surface area (Å²) in [5.41, 5.74) is 8.71. The van der Waals surface area contributed by atoms with Crippen molar-refractivity contribution in [3.05, 3.63) is 46.2 Å². The van der Waals surface area contributed by atoms with E-state index >= 15 is 0 Å². The van der Waals surface area contributed by atoms with Gasteiger partial charge in [0.25, 0.3) is 5.91 Å². The summed E-state index contributed by atoms with van der Waals surface area (Å²) in [7, 11) is 0. The second-order valence-corrected chi connectivity index (χ2v) is 5.97. The van der Waals surface area contributed by atoms with Crippen molar-refractivity contribution in [2.45, 2.75) is 13.3 Å². The van der Waals surface area contributed by atoms with Crippen LogP contribution in [-0.2, 0) is 6.42 Å². The third kappa shape index (κ3) is 2.12. The molecule has 0 radical (unpaired) electrons. The molecule has 2 heterocycles. The number of para-hydroxylation sites is 1. The Hall–Kier alpha value is -1.81. The Bertz CT molecular complexity index is 620. The summed E-state index contributed by atoms with van der Waals surface area (Å²) >= 11 is 1.41. The van der Waals surface area contributed by atoms with Gasteiger partial charge in [0.2, 0.25) is 0 Å². The zero-order valence-corrected chi connectivity index (χ0v) is 11.6. The number of nitrogen functional groups attached to an aromatic ring is 1. The van der Waals surface area contributed by atoms with Crippen LogP contribution in [0, 0.1) is 5.92 Å². The molecule has 3 nitrogen and oxygen atoms in total. The predicted octanol–water partition coefficient (Wildman–Crippen LogP) is 3.17. The highest BCUT2D eigenvalue weighted by atomic mass is 32.1. The number of fused-ring (bicyclic) bond motifs is 1. The number of carbonyl (C=O) groups excluding carboxylic acids is 1. The van der Waals surface area contributed by atoms with Crippen LogP contribution in [0.4, 0.5) is 11.4 Å². The van der Waals surface area contributed by atoms with Gasteiger partial charge in [0.05, 0.1) is 5.69 Å². The lowest BCUT2D eigenvalue weighted by Crippen LogP contribution is -2.39. The molecule has 3 rings (SSSR count). The largest absolute Gasteiger partial charge is 0.397 e. The third-order valence-electron chi connectivity index (χ3n) is 3.48. The highest BCUT2D eigenvalue weighted by Gasteiger charge is 2.28. The maximum Gasteiger partial charge on any atom is 0.270 e. The molecule has 0 aliphatic carbocycles. The number of amides is 1. The first-order chi connectivity index (χ1) is 9.16. The Morgan fingerprint density at radius 2 is 2.16 bits per heavy atom. The van der Waals surface area contributed by atoms with Gasteiger partial charge in [-0.1, -0.05) is 25.1 Å². The molecule has 0 spiro atoms. The molecule has 0 fully saturated rings. The van der Waals surface area contributed by atoms with Crippen molar-refractivity contribution in [3.8, 4) is 0 Å². The number of hydrogen-bond donors (Lipinski definition) is 1. The molecule has 1 amide bonds. The minimum Gasteiger partial charge on any atom is -0.397 e. The van der Waals surface area contributed by atoms with E-state index in [2.05, 4.69) is 13.0 Å². The minimum absolute atomic E-state index is 0.0199. The Kier molecular flexibility index (Phi) is 3.03. The van der Waals surface area contributed by atoms with Crippen LogP contribution in [0.1, 0.15) is 22.2 Å². The number of nitrogens with zero attached hydrogens (tertiary/aromatic N) is 1. The van der Waals surface area contributed by atoms with Crippen LogP contribution in [0.15, 0.2) is 35.7 Å². The molecule has 1 aliphatic rings. The fraction of sp³-hybridized carbons (Fsp3) is 0.267. The molecule has 0 saturated heterocycles. The van der Waals surface area contributed by atoms with E-state index in [1.165, 1.54) is 16.9 Å². The summed E-state index contributed by atoms with van der Waals surface area (Å²) in [6.45, 7) is 2.93. The van der Waals surface area contributed by atoms with Gasteiger partial charge in [0, 0.05) is 12.2 Å². The molecular formula is C15H16N2OS. The van der Waals surface area contributed by atoms with E-state index in [0.717, 1.165) is 18.7 Å². The Balaban J connectivity index is 2.02. The maximum absolute atomic E-state index is 12.6. The molecule has 1 aromatic carbocycles. The maximum atomic E-state index is 12.6. The van der Waals surface area contributed by atoms with Crippen molar-refractivity contribution in [1.29, 1.82) is 0 Å². The first kappa shape index (κ1) is 12.2. The van der Waals surface area contributed by atoms with Crippen molar-refractivity contribution in [2.75, 3.05) is 17.2 Å². The van der Waals surface area contributed by atoms with Crippen LogP contribution in [0.2, 0.25) is 0 Å². The monoisotopic (exact) mass is 272 g/mol. The zero-order chi connectivity index (χ0) is 13.4. The molecule has 1 unspecified atom stereocenters. The van der Waals surface area contributed by atoms with Crippen LogP contribution in [0.25, 0.3) is 0 Å². The number of carbonyl (C=O) groups is 1. The van der Waals surface area contributed by atoms with Crippen LogP contribution in [-0.4, -0.2) is 12.5 Å². The van der Waals surface area contributed by atoms with Crippen molar-refractivity contribution >= 4 is 28.6 Å². The van der Waals surface area contributed by atoms with E-state index in [-0.39, 0.29) is 5.91 Å². The first-order valence-corrected chi connectivity index (χ1v) is 7.27. The molecule has 1 aromatic heterocycles. The average Bonchev–Trinajstić information content (AvgIpc) is 2.83. The molecule has 1 aliphatic heterocycles. The molecule has 1 atom stereocenters. The van der Waals surface area contributed by atoms with E-state index in [0.29, 0.717) is 16.5 Å². The van der Waals surface area contributed by atoms with E-state index in [1.807, 2.05) is 28.5 Å². The number of hydrogen-bond acceptors (Lipinski definition) is 3. The van der Waals surface area contributed by atoms with E-state index in [4.69, 9.17) is 5.73 Å². The minimum atomic E-state index is 0.0199. The van der Waals surface area contributed by atoms with Gasteiger partial charge in [-0.3, -0.25) is 4.79 Å². The molecule has 4 heteroatoms. The number of benzene rings is 1. The van der Waals surface area contributed by atoms with Crippen molar-refractivity contribution < 1.29 is 4.79 Å². The van der Waals surface area contributed by atoms with Gasteiger partial charge in [-0.05, 0) is 35.4 Å². The average molecular weight is 272 g/mol. The zero-order valence-electron chi connectivity index (χ0n) is 10.8. The molecular weight excluding hydrogens is 256 g/mol. The number of nitrogens with two attached hydrogens (primary N) is 1. The van der Waals surface area contributed by atoms with Crippen molar-refractivity contribution in [2.24, 2.45) is 5.92 Å². The third-order valence-corrected chi connectivity index (χ3v) is 4.40. The van der Waals surface area contributed by atoms with Crippen LogP contribution in [0.3, 0.4) is 0 Å². The molecule has 2 aromatic rings. The predicted molar refractivity (Wildman–Crippen MR) is 79.7 cm³/mol. The lowest BCUT2D eigenvalue weighted by atomic mass is 9.94. The van der Waals surface area contributed by atoms with Crippen LogP contribution >= 0.6 is 11.3 Å². The summed E-state index contributed by atoms with van der Waals surface area (Å²) in [4.78, 5) is 15.2. The highest BCUT2D eigenvalue weighted by molar-refractivity contribution is 7.12. The number of thiophene rings is 1. The second-order valence-electron chi connectivity index (χ2n) is 5.06. The first-order valence-electron chi connectivity index (χ1n) is 6.39. The molecule has 19 heavy (non-hydrogen) atoms. The van der Waals surface area contributed by atoms with Gasteiger partial charge in [-0.2, -0.15) is 0 Å². The van der Waals surface area contributed by atoms with Crippen molar-refractivity contribution in [3.63, 3.8) is 0 Å². The smallest absolute Gasteiger partial charge is 0.270 e. The quantitative estimate of drug-likeness (QED) is 0.866. The number of rotatable bonds is 1. The molecule has 0 bridgehead atoms. The number of anilines is 2. The van der Waals surface area contributed by atoms with E-state index in [1.54, 1.807) is 6.07 Å². The summed E-state index contributed by atoms with van der Waals surface area (Å²) in [6, 6.07) is 9.91. The SMILES string of the molecule is CC1Cc2ccccc2N(C(=O)c2sccc2N)C1. The summed E-state index contributed by atoms with van der Waals surface area (Å²) in [6.07, 6.45) is 1.03. The van der Waals surface area contributed by atoms with Gasteiger partial charge >= 0.3 is 0 Å². The topological polar surface area (TPSA) is 46.3 Å². The van der Waals surface area contributed by atoms with Gasteiger partial charge in [-0.15, -0.1) is 11.3 Å². The standard InChI is InChI=1S/C15H16N2OS/c1-10-8-11-4-2-3-5-13(11)17(9-10)15(18)14-12(16)6-7-19-14/h2-7,10H,8-9,16H2,1H3. The summed E-state index contributed by atoms with van der Waals surface area (Å²) in [5.74, 6) is 0.492. The molecule has 98 valence electrons. The van der Waals surface area contributed by atoms with Crippen molar-refractivity contribution in [1.82, 2.24) is 0 Å². The summed E-state index contributed by atoms with van der Waals surface area (Å²) < 4.78 is 0. The van der Waals surface area contributed by atoms with Gasteiger partial charge in [0.15, 0.2) is 0 Å². The summed E-state index contributed by atoms with van der Waals surface area (Å²) in [5, 5.41) is 1.86. The normalized spacial score (nSPS) is 18.2. The Morgan fingerprint density at radius 3 is 2.89 bits per heavy atom. The second kappa shape index (κ2) is 4.70. The molecule has 0 saturated carbocycles. The van der Waals surface area contributed by atoms with E-state index in [9.17, 15) is 4.79 Å². The highest BCUT2D eigenvalue weighted by Crippen LogP contribution is 2.32. The van der Waals surface area contributed by atoms with Gasteiger partial charge < -0.3 is 10.6 Å².